The van der Waals surface area contributed by atoms with E-state index in [-0.39, 0.29) is 17.5 Å². The van der Waals surface area contributed by atoms with E-state index < -0.39 is 5.82 Å². The second-order valence-corrected chi connectivity index (χ2v) is 7.41. The minimum absolute atomic E-state index is 0.198. The number of benzene rings is 1. The van der Waals surface area contributed by atoms with Gasteiger partial charge in [-0.15, -0.1) is 0 Å². The molecule has 4 bridgehead atoms. The van der Waals surface area contributed by atoms with Gasteiger partial charge in [0, 0.05) is 6.04 Å². The summed E-state index contributed by atoms with van der Waals surface area (Å²) in [5.41, 5.74) is 1.12. The first kappa shape index (κ1) is 13.3. The SMILES string of the molecule is Cc1ccc(F)c(C(=O)NC2C3CC4CC(C3)CC2C4)c1. The zero-order chi connectivity index (χ0) is 14.6. The Morgan fingerprint density at radius 3 is 2.33 bits per heavy atom. The van der Waals surface area contributed by atoms with E-state index in [0.717, 1.165) is 17.4 Å². The number of carbonyl (C=O) groups is 1. The van der Waals surface area contributed by atoms with Crippen molar-refractivity contribution in [2.75, 3.05) is 0 Å². The zero-order valence-electron chi connectivity index (χ0n) is 12.4. The average molecular weight is 287 g/mol. The molecule has 0 atom stereocenters. The molecule has 0 saturated heterocycles. The van der Waals surface area contributed by atoms with Crippen LogP contribution in [0.25, 0.3) is 0 Å². The van der Waals surface area contributed by atoms with E-state index in [4.69, 9.17) is 0 Å². The van der Waals surface area contributed by atoms with E-state index in [1.807, 2.05) is 6.92 Å². The van der Waals surface area contributed by atoms with Crippen molar-refractivity contribution in [3.05, 3.63) is 35.1 Å². The summed E-state index contributed by atoms with van der Waals surface area (Å²) in [6.45, 7) is 1.89. The molecule has 1 aromatic carbocycles. The van der Waals surface area contributed by atoms with Crippen LogP contribution in [-0.4, -0.2) is 11.9 Å². The van der Waals surface area contributed by atoms with Gasteiger partial charge in [0.2, 0.25) is 0 Å². The van der Waals surface area contributed by atoms with E-state index in [2.05, 4.69) is 5.32 Å². The summed E-state index contributed by atoms with van der Waals surface area (Å²) >= 11 is 0. The Morgan fingerprint density at radius 2 is 1.71 bits per heavy atom. The molecule has 0 aromatic heterocycles. The summed E-state index contributed by atoms with van der Waals surface area (Å²) in [4.78, 5) is 12.5. The highest BCUT2D eigenvalue weighted by atomic mass is 19.1. The van der Waals surface area contributed by atoms with Crippen LogP contribution < -0.4 is 5.32 Å². The third-order valence-corrected chi connectivity index (χ3v) is 5.89. The van der Waals surface area contributed by atoms with Crippen LogP contribution in [0.3, 0.4) is 0 Å². The predicted octanol–water partition coefficient (Wildman–Crippen LogP) is 3.69. The van der Waals surface area contributed by atoms with Gasteiger partial charge in [-0.25, -0.2) is 4.39 Å². The van der Waals surface area contributed by atoms with Crippen molar-refractivity contribution in [3.8, 4) is 0 Å². The fraction of sp³-hybridized carbons (Fsp3) is 0.611. The number of carbonyl (C=O) groups excluding carboxylic acids is 1. The highest BCUT2D eigenvalue weighted by Gasteiger charge is 2.48. The van der Waals surface area contributed by atoms with E-state index >= 15 is 0 Å². The van der Waals surface area contributed by atoms with E-state index in [1.54, 1.807) is 12.1 Å². The summed E-state index contributed by atoms with van der Waals surface area (Å²) in [7, 11) is 0. The van der Waals surface area contributed by atoms with Crippen molar-refractivity contribution >= 4 is 5.91 Å². The van der Waals surface area contributed by atoms with Gasteiger partial charge in [-0.1, -0.05) is 11.6 Å². The van der Waals surface area contributed by atoms with Gasteiger partial charge in [-0.2, -0.15) is 0 Å². The monoisotopic (exact) mass is 287 g/mol. The molecular weight excluding hydrogens is 265 g/mol. The average Bonchev–Trinajstić information content (AvgIpc) is 2.44. The van der Waals surface area contributed by atoms with Crippen LogP contribution in [0.15, 0.2) is 18.2 Å². The number of nitrogens with one attached hydrogen (secondary N) is 1. The summed E-state index contributed by atoms with van der Waals surface area (Å²) in [5.74, 6) is 2.37. The maximum absolute atomic E-state index is 13.9. The summed E-state index contributed by atoms with van der Waals surface area (Å²) in [5, 5.41) is 3.17. The molecule has 5 rings (SSSR count). The summed E-state index contributed by atoms with van der Waals surface area (Å²) in [6, 6.07) is 5.02. The normalized spacial score (nSPS) is 36.8. The molecule has 1 amide bonds. The molecule has 0 radical (unpaired) electrons. The molecule has 21 heavy (non-hydrogen) atoms. The molecule has 4 aliphatic rings. The van der Waals surface area contributed by atoms with Crippen LogP contribution in [0.1, 0.15) is 48.0 Å². The van der Waals surface area contributed by atoms with E-state index in [1.165, 1.54) is 38.2 Å². The van der Waals surface area contributed by atoms with Crippen molar-refractivity contribution in [1.29, 1.82) is 0 Å². The molecule has 2 nitrogen and oxygen atoms in total. The van der Waals surface area contributed by atoms with Crippen molar-refractivity contribution in [2.24, 2.45) is 23.7 Å². The minimum Gasteiger partial charge on any atom is -0.349 e. The van der Waals surface area contributed by atoms with Crippen molar-refractivity contribution < 1.29 is 9.18 Å². The first-order valence-corrected chi connectivity index (χ1v) is 8.17. The lowest BCUT2D eigenvalue weighted by Gasteiger charge is -2.54. The van der Waals surface area contributed by atoms with Crippen LogP contribution in [0.5, 0.6) is 0 Å². The topological polar surface area (TPSA) is 29.1 Å². The molecule has 0 unspecified atom stereocenters. The first-order valence-electron chi connectivity index (χ1n) is 8.17. The van der Waals surface area contributed by atoms with E-state index in [9.17, 15) is 9.18 Å². The third kappa shape index (κ3) is 2.27. The predicted molar refractivity (Wildman–Crippen MR) is 79.4 cm³/mol. The maximum Gasteiger partial charge on any atom is 0.254 e. The second-order valence-electron chi connectivity index (χ2n) is 7.41. The maximum atomic E-state index is 13.9. The molecular formula is C18H22FNO. The Hall–Kier alpha value is -1.38. The molecule has 4 saturated carbocycles. The van der Waals surface area contributed by atoms with Gasteiger partial charge in [0.15, 0.2) is 0 Å². The third-order valence-electron chi connectivity index (χ3n) is 5.89. The number of aryl methyl sites for hydroxylation is 1. The minimum atomic E-state index is -0.415. The standard InChI is InChI=1S/C18H22FNO/c1-10-2-3-16(19)15(4-10)18(21)20-17-13-6-11-5-12(8-13)9-14(17)7-11/h2-4,11-14,17H,5-9H2,1H3,(H,20,21). The van der Waals surface area contributed by atoms with Crippen molar-refractivity contribution in [1.82, 2.24) is 5.32 Å². The molecule has 0 aliphatic heterocycles. The van der Waals surface area contributed by atoms with Gasteiger partial charge < -0.3 is 5.32 Å². The molecule has 3 heteroatoms. The van der Waals surface area contributed by atoms with Crippen LogP contribution in [0.2, 0.25) is 0 Å². The Morgan fingerprint density at radius 1 is 1.10 bits per heavy atom. The van der Waals surface area contributed by atoms with Gasteiger partial charge in [-0.05, 0) is 74.8 Å². The highest BCUT2D eigenvalue weighted by Crippen LogP contribution is 2.53. The van der Waals surface area contributed by atoms with Crippen molar-refractivity contribution in [3.63, 3.8) is 0 Å². The van der Waals surface area contributed by atoms with Crippen LogP contribution in [0, 0.1) is 36.4 Å². The molecule has 1 N–H and O–H groups in total. The lowest BCUT2D eigenvalue weighted by atomic mass is 9.54. The lowest BCUT2D eigenvalue weighted by Crippen LogP contribution is -2.55. The number of halogens is 1. The smallest absolute Gasteiger partial charge is 0.254 e. The number of amides is 1. The van der Waals surface area contributed by atoms with Gasteiger partial charge in [-0.3, -0.25) is 4.79 Å². The second kappa shape index (κ2) is 4.82. The summed E-state index contributed by atoms with van der Waals surface area (Å²) < 4.78 is 13.9. The molecule has 0 spiro atoms. The van der Waals surface area contributed by atoms with Gasteiger partial charge in [0.1, 0.15) is 5.82 Å². The number of hydrogen-bond acceptors (Lipinski definition) is 1. The fourth-order valence-corrected chi connectivity index (χ4v) is 5.20. The molecule has 4 fully saturated rings. The number of rotatable bonds is 2. The fourth-order valence-electron chi connectivity index (χ4n) is 5.20. The largest absolute Gasteiger partial charge is 0.349 e. The molecule has 1 aromatic rings. The van der Waals surface area contributed by atoms with E-state index in [0.29, 0.717) is 11.8 Å². The summed E-state index contributed by atoms with van der Waals surface area (Å²) in [6.07, 6.45) is 6.44. The Labute approximate surface area is 125 Å². The van der Waals surface area contributed by atoms with Crippen LogP contribution >= 0.6 is 0 Å². The first-order chi connectivity index (χ1) is 10.1. The molecule has 4 aliphatic carbocycles. The molecule has 0 heterocycles. The quantitative estimate of drug-likeness (QED) is 0.883. The zero-order valence-corrected chi connectivity index (χ0v) is 12.4. The Bertz CT molecular complexity index is 555. The van der Waals surface area contributed by atoms with Crippen LogP contribution in [0.4, 0.5) is 4.39 Å². The van der Waals surface area contributed by atoms with Crippen molar-refractivity contribution in [2.45, 2.75) is 45.1 Å². The lowest BCUT2D eigenvalue weighted by molar-refractivity contribution is -0.0120. The van der Waals surface area contributed by atoms with Gasteiger partial charge in [0.05, 0.1) is 5.56 Å². The van der Waals surface area contributed by atoms with Gasteiger partial charge in [0.25, 0.3) is 5.91 Å². The molecule has 112 valence electrons. The van der Waals surface area contributed by atoms with Gasteiger partial charge >= 0.3 is 0 Å². The van der Waals surface area contributed by atoms with Crippen LogP contribution in [-0.2, 0) is 0 Å². The Kier molecular flexibility index (Phi) is 3.05. The number of hydrogen-bond donors (Lipinski definition) is 1. The Balaban J connectivity index is 1.53. The highest BCUT2D eigenvalue weighted by molar-refractivity contribution is 5.94.